The standard InChI is InChI=1S/C22H21O5P.Na/c1-15-12-16(2)21(17(3)13-15)22(23)18-8-7-11-20(14-18)27-28(24,25)26-19-9-5-4-6-10-19;/h4-14H,1-3H3,(H,24,25);/q;+1/p-1. The van der Waals surface area contributed by atoms with Crippen LogP contribution in [0.3, 0.4) is 0 Å². The smallest absolute Gasteiger partial charge is 0.736 e. The summed E-state index contributed by atoms with van der Waals surface area (Å²) in [5.74, 6) is -0.0216. The Kier molecular flexibility index (Phi) is 7.87. The number of phosphoric acid groups is 1. The predicted octanol–water partition coefficient (Wildman–Crippen LogP) is 1.77. The Bertz CT molecular complexity index is 1040. The van der Waals surface area contributed by atoms with Gasteiger partial charge in [0.05, 0.1) is 0 Å². The van der Waals surface area contributed by atoms with Gasteiger partial charge in [-0.1, -0.05) is 48.0 Å². The molecule has 0 amide bonds. The summed E-state index contributed by atoms with van der Waals surface area (Å²) in [4.78, 5) is 25.1. The summed E-state index contributed by atoms with van der Waals surface area (Å²) in [6.07, 6.45) is 0. The number of para-hydroxylation sites is 1. The van der Waals surface area contributed by atoms with E-state index in [-0.39, 0.29) is 46.8 Å². The molecule has 0 aromatic heterocycles. The average molecular weight is 418 g/mol. The molecule has 0 aliphatic heterocycles. The molecule has 0 radical (unpaired) electrons. The monoisotopic (exact) mass is 418 g/mol. The van der Waals surface area contributed by atoms with Crippen LogP contribution in [-0.2, 0) is 4.57 Å². The molecule has 0 aliphatic carbocycles. The van der Waals surface area contributed by atoms with Gasteiger partial charge < -0.3 is 13.9 Å². The van der Waals surface area contributed by atoms with Crippen LogP contribution < -0.4 is 43.5 Å². The molecule has 3 aromatic rings. The van der Waals surface area contributed by atoms with Gasteiger partial charge in [0.2, 0.25) is 0 Å². The maximum Gasteiger partial charge on any atom is 1.00 e. The molecule has 7 heteroatoms. The Morgan fingerprint density at radius 3 is 2.00 bits per heavy atom. The quantitative estimate of drug-likeness (QED) is 0.347. The molecule has 0 fully saturated rings. The number of rotatable bonds is 6. The first-order chi connectivity index (χ1) is 13.2. The fraction of sp³-hybridized carbons (Fsp3) is 0.136. The Morgan fingerprint density at radius 1 is 0.828 bits per heavy atom. The number of benzene rings is 3. The number of carbonyl (C=O) groups is 1. The zero-order valence-electron chi connectivity index (χ0n) is 16.8. The largest absolute Gasteiger partial charge is 1.00 e. The van der Waals surface area contributed by atoms with Crippen LogP contribution >= 0.6 is 7.82 Å². The summed E-state index contributed by atoms with van der Waals surface area (Å²) in [5, 5.41) is 0. The topological polar surface area (TPSA) is 75.7 Å². The Labute approximate surface area is 192 Å². The first-order valence-electron chi connectivity index (χ1n) is 8.73. The molecule has 0 saturated carbocycles. The van der Waals surface area contributed by atoms with Crippen LogP contribution in [0.1, 0.15) is 32.6 Å². The first-order valence-corrected chi connectivity index (χ1v) is 10.2. The van der Waals surface area contributed by atoms with Crippen molar-refractivity contribution in [2.75, 3.05) is 0 Å². The molecular formula is C22H20NaO5P. The second-order valence-electron chi connectivity index (χ2n) is 6.57. The summed E-state index contributed by atoms with van der Waals surface area (Å²) in [7, 11) is -4.65. The molecule has 0 bridgehead atoms. The van der Waals surface area contributed by atoms with Crippen molar-refractivity contribution in [3.05, 3.63) is 94.5 Å². The molecule has 0 saturated heterocycles. The minimum Gasteiger partial charge on any atom is -0.736 e. The van der Waals surface area contributed by atoms with E-state index in [0.29, 0.717) is 11.1 Å². The van der Waals surface area contributed by atoms with E-state index in [0.717, 1.165) is 16.7 Å². The molecule has 5 nitrogen and oxygen atoms in total. The van der Waals surface area contributed by atoms with Gasteiger partial charge in [-0.15, -0.1) is 0 Å². The molecule has 29 heavy (non-hydrogen) atoms. The number of phosphoric ester groups is 1. The second kappa shape index (κ2) is 9.75. The zero-order chi connectivity index (χ0) is 20.3. The molecule has 0 spiro atoms. The van der Waals surface area contributed by atoms with E-state index in [9.17, 15) is 14.3 Å². The van der Waals surface area contributed by atoms with Gasteiger partial charge in [-0.3, -0.25) is 4.79 Å². The summed E-state index contributed by atoms with van der Waals surface area (Å²) in [6.45, 7) is 5.74. The van der Waals surface area contributed by atoms with Crippen molar-refractivity contribution in [2.24, 2.45) is 0 Å². The van der Waals surface area contributed by atoms with E-state index >= 15 is 0 Å². The number of ketones is 1. The van der Waals surface area contributed by atoms with Gasteiger partial charge in [-0.25, -0.2) is 4.57 Å². The Hall–Kier alpha value is -1.88. The molecule has 3 rings (SSSR count). The van der Waals surface area contributed by atoms with Crippen molar-refractivity contribution in [2.45, 2.75) is 20.8 Å². The van der Waals surface area contributed by atoms with E-state index in [1.807, 2.05) is 32.9 Å². The van der Waals surface area contributed by atoms with Gasteiger partial charge in [0.25, 0.3) is 0 Å². The van der Waals surface area contributed by atoms with Crippen molar-refractivity contribution in [3.63, 3.8) is 0 Å². The SMILES string of the molecule is Cc1cc(C)c(C(=O)c2cccc(OP(=O)([O-])Oc3ccccc3)c2)c(C)c1.[Na+]. The first kappa shape index (κ1) is 23.4. The van der Waals surface area contributed by atoms with Gasteiger partial charge in [0, 0.05) is 11.1 Å². The molecule has 1 atom stereocenters. The van der Waals surface area contributed by atoms with E-state index in [2.05, 4.69) is 0 Å². The van der Waals surface area contributed by atoms with Crippen LogP contribution in [0.2, 0.25) is 0 Å². The summed E-state index contributed by atoms with van der Waals surface area (Å²) in [5.41, 5.74) is 3.77. The van der Waals surface area contributed by atoms with Gasteiger partial charge >= 0.3 is 37.4 Å². The average Bonchev–Trinajstić information content (AvgIpc) is 2.61. The Balaban J connectivity index is 0.00000300. The van der Waals surface area contributed by atoms with Gasteiger partial charge in [0.1, 0.15) is 11.5 Å². The summed E-state index contributed by atoms with van der Waals surface area (Å²) < 4.78 is 22.1. The van der Waals surface area contributed by atoms with Gasteiger partial charge in [-0.2, -0.15) is 0 Å². The van der Waals surface area contributed by atoms with Gasteiger partial charge in [-0.05, 0) is 56.2 Å². The van der Waals surface area contributed by atoms with Crippen molar-refractivity contribution >= 4 is 13.6 Å². The van der Waals surface area contributed by atoms with Crippen molar-refractivity contribution < 1.29 is 52.9 Å². The minimum absolute atomic E-state index is 0. The molecular weight excluding hydrogens is 398 g/mol. The van der Waals surface area contributed by atoms with E-state index < -0.39 is 7.82 Å². The number of hydrogen-bond acceptors (Lipinski definition) is 5. The fourth-order valence-corrected chi connectivity index (χ4v) is 3.92. The second-order valence-corrected chi connectivity index (χ2v) is 7.83. The number of aryl methyl sites for hydroxylation is 3. The third-order valence-electron chi connectivity index (χ3n) is 4.18. The molecule has 3 aromatic carbocycles. The Morgan fingerprint density at radius 2 is 1.38 bits per heavy atom. The van der Waals surface area contributed by atoms with Crippen molar-refractivity contribution in [1.29, 1.82) is 0 Å². The maximum absolute atomic E-state index is 13.0. The molecule has 0 aliphatic rings. The summed E-state index contributed by atoms with van der Waals surface area (Å²) in [6, 6.07) is 18.0. The van der Waals surface area contributed by atoms with E-state index in [4.69, 9.17) is 9.05 Å². The molecule has 144 valence electrons. The van der Waals surface area contributed by atoms with Crippen molar-refractivity contribution in [1.82, 2.24) is 0 Å². The van der Waals surface area contributed by atoms with Crippen LogP contribution in [-0.4, -0.2) is 5.78 Å². The van der Waals surface area contributed by atoms with E-state index in [1.54, 1.807) is 30.3 Å². The fourth-order valence-electron chi connectivity index (χ4n) is 3.13. The molecule has 0 heterocycles. The van der Waals surface area contributed by atoms with Crippen LogP contribution in [0.25, 0.3) is 0 Å². The third-order valence-corrected chi connectivity index (χ3v) is 5.05. The normalized spacial score (nSPS) is 12.4. The number of hydrogen-bond donors (Lipinski definition) is 0. The predicted molar refractivity (Wildman–Crippen MR) is 106 cm³/mol. The molecule has 1 unspecified atom stereocenters. The zero-order valence-corrected chi connectivity index (χ0v) is 19.7. The third kappa shape index (κ3) is 6.05. The number of carbonyl (C=O) groups excluding carboxylic acids is 1. The molecule has 0 N–H and O–H groups in total. The van der Waals surface area contributed by atoms with Gasteiger partial charge in [0.15, 0.2) is 5.78 Å². The van der Waals surface area contributed by atoms with Crippen LogP contribution in [0.5, 0.6) is 11.5 Å². The summed E-state index contributed by atoms with van der Waals surface area (Å²) >= 11 is 0. The van der Waals surface area contributed by atoms with E-state index in [1.165, 1.54) is 24.3 Å². The van der Waals surface area contributed by atoms with Crippen LogP contribution in [0.4, 0.5) is 0 Å². The minimum atomic E-state index is -4.65. The van der Waals surface area contributed by atoms with Crippen LogP contribution in [0.15, 0.2) is 66.7 Å². The van der Waals surface area contributed by atoms with Crippen molar-refractivity contribution in [3.8, 4) is 11.5 Å². The maximum atomic E-state index is 13.0. The van der Waals surface area contributed by atoms with Crippen LogP contribution in [0, 0.1) is 20.8 Å².